The topological polar surface area (TPSA) is 106 Å². The van der Waals surface area contributed by atoms with E-state index in [9.17, 15) is 0 Å². The Hall–Kier alpha value is -1.90. The zero-order valence-electron chi connectivity index (χ0n) is 12.8. The molecule has 3 rings (SSSR count). The third-order valence-electron chi connectivity index (χ3n) is 3.54. The molecular formula is C16H17ClN2O4S. The van der Waals surface area contributed by atoms with Gasteiger partial charge in [-0.1, -0.05) is 41.9 Å². The number of rotatable bonds is 2. The van der Waals surface area contributed by atoms with E-state index in [-0.39, 0.29) is 0 Å². The maximum Gasteiger partial charge on any atom is 0.394 e. The van der Waals surface area contributed by atoms with Gasteiger partial charge in [-0.2, -0.15) is 8.42 Å². The Morgan fingerprint density at radius 1 is 1.12 bits per heavy atom. The van der Waals surface area contributed by atoms with E-state index in [4.69, 9.17) is 34.9 Å². The zero-order chi connectivity index (χ0) is 17.9. The minimum absolute atomic E-state index is 0.507. The molecule has 0 aliphatic rings. The predicted molar refractivity (Wildman–Crippen MR) is 95.4 cm³/mol. The number of halogens is 1. The van der Waals surface area contributed by atoms with Crippen LogP contribution < -0.4 is 5.73 Å². The van der Waals surface area contributed by atoms with E-state index in [1.807, 2.05) is 43.4 Å². The second-order valence-corrected chi connectivity index (χ2v) is 6.39. The van der Waals surface area contributed by atoms with E-state index in [1.165, 1.54) is 11.1 Å². The predicted octanol–water partition coefficient (Wildman–Crippen LogP) is 3.30. The fraction of sp³-hybridized carbons (Fsp3) is 0.125. The highest BCUT2D eigenvalue weighted by Crippen LogP contribution is 2.35. The average Bonchev–Trinajstić information content (AvgIpc) is 2.78. The molecule has 0 saturated carbocycles. The molecule has 24 heavy (non-hydrogen) atoms. The van der Waals surface area contributed by atoms with Crippen molar-refractivity contribution >= 4 is 32.9 Å². The molecule has 0 bridgehead atoms. The minimum atomic E-state index is -4.67. The van der Waals surface area contributed by atoms with Crippen molar-refractivity contribution in [1.82, 2.24) is 4.57 Å². The standard InChI is InChI=1S/C16H15ClN2.H2O4S/c1-19-14-8-7-12(17)9-13(14)16(15(19)10-18)11-5-3-2-4-6-11;1-5(2,3)4/h2-9H,10,18H2,1H3;(H2,1,2,3,4). The smallest absolute Gasteiger partial charge is 0.346 e. The summed E-state index contributed by atoms with van der Waals surface area (Å²) in [7, 11) is -2.62. The largest absolute Gasteiger partial charge is 0.394 e. The van der Waals surface area contributed by atoms with E-state index in [0.29, 0.717) is 6.54 Å². The first-order valence-corrected chi connectivity index (χ1v) is 8.72. The number of hydrogen-bond acceptors (Lipinski definition) is 3. The Kier molecular flexibility index (Phi) is 5.63. The van der Waals surface area contributed by atoms with Crippen molar-refractivity contribution < 1.29 is 17.5 Å². The van der Waals surface area contributed by atoms with E-state index in [1.54, 1.807) is 0 Å². The molecule has 0 saturated heterocycles. The zero-order valence-corrected chi connectivity index (χ0v) is 14.4. The van der Waals surface area contributed by atoms with E-state index >= 15 is 0 Å². The summed E-state index contributed by atoms with van der Waals surface area (Å²) in [6.07, 6.45) is 0. The van der Waals surface area contributed by atoms with Crippen molar-refractivity contribution in [2.75, 3.05) is 0 Å². The van der Waals surface area contributed by atoms with Gasteiger partial charge in [-0.05, 0) is 23.8 Å². The molecule has 0 aliphatic heterocycles. The number of nitrogens with two attached hydrogens (primary N) is 1. The lowest BCUT2D eigenvalue weighted by atomic mass is 10.0. The summed E-state index contributed by atoms with van der Waals surface area (Å²) in [6, 6.07) is 16.3. The highest BCUT2D eigenvalue weighted by atomic mass is 35.5. The molecule has 1 aromatic heterocycles. The molecule has 0 unspecified atom stereocenters. The van der Waals surface area contributed by atoms with Crippen LogP contribution in [0.3, 0.4) is 0 Å². The molecule has 4 N–H and O–H groups in total. The Morgan fingerprint density at radius 2 is 1.71 bits per heavy atom. The lowest BCUT2D eigenvalue weighted by molar-refractivity contribution is 0.381. The van der Waals surface area contributed by atoms with Crippen LogP contribution in [0.4, 0.5) is 0 Å². The number of hydrogen-bond donors (Lipinski definition) is 3. The number of benzene rings is 2. The monoisotopic (exact) mass is 368 g/mol. The van der Waals surface area contributed by atoms with Crippen molar-refractivity contribution in [2.24, 2.45) is 12.8 Å². The van der Waals surface area contributed by atoms with Crippen LogP contribution in [0.1, 0.15) is 5.69 Å². The number of aryl methyl sites for hydroxylation is 1. The van der Waals surface area contributed by atoms with Gasteiger partial charge in [0.25, 0.3) is 0 Å². The maximum atomic E-state index is 8.74. The molecule has 128 valence electrons. The van der Waals surface area contributed by atoms with E-state index in [2.05, 4.69) is 16.7 Å². The second-order valence-electron chi connectivity index (χ2n) is 5.06. The molecule has 3 aromatic rings. The highest BCUT2D eigenvalue weighted by molar-refractivity contribution is 7.79. The Morgan fingerprint density at radius 3 is 2.25 bits per heavy atom. The Balaban J connectivity index is 0.000000368. The molecule has 0 atom stereocenters. The first-order valence-electron chi connectivity index (χ1n) is 6.94. The molecule has 6 nitrogen and oxygen atoms in total. The lowest BCUT2D eigenvalue weighted by Crippen LogP contribution is -2.04. The van der Waals surface area contributed by atoms with Crippen LogP contribution in [0.5, 0.6) is 0 Å². The van der Waals surface area contributed by atoms with Crippen LogP contribution in [0.25, 0.3) is 22.0 Å². The summed E-state index contributed by atoms with van der Waals surface area (Å²) >= 11 is 6.14. The maximum absolute atomic E-state index is 8.74. The Bertz CT molecular complexity index is 945. The van der Waals surface area contributed by atoms with Crippen LogP contribution in [0.15, 0.2) is 48.5 Å². The lowest BCUT2D eigenvalue weighted by Gasteiger charge is -2.05. The summed E-state index contributed by atoms with van der Waals surface area (Å²) in [6.45, 7) is 0.507. The first kappa shape index (κ1) is 18.4. The van der Waals surface area contributed by atoms with Gasteiger partial charge in [0, 0.05) is 40.8 Å². The molecule has 0 radical (unpaired) electrons. The van der Waals surface area contributed by atoms with Crippen molar-refractivity contribution in [3.8, 4) is 11.1 Å². The van der Waals surface area contributed by atoms with Gasteiger partial charge in [-0.25, -0.2) is 0 Å². The molecule has 1 heterocycles. The van der Waals surface area contributed by atoms with Gasteiger partial charge in [0.15, 0.2) is 0 Å². The molecule has 2 aromatic carbocycles. The van der Waals surface area contributed by atoms with Crippen LogP contribution in [-0.2, 0) is 24.0 Å². The summed E-state index contributed by atoms with van der Waals surface area (Å²) < 4.78 is 33.7. The second kappa shape index (κ2) is 7.33. The van der Waals surface area contributed by atoms with Gasteiger partial charge in [-0.3, -0.25) is 9.11 Å². The summed E-state index contributed by atoms with van der Waals surface area (Å²) in [5, 5.41) is 1.90. The minimum Gasteiger partial charge on any atom is -0.346 e. The summed E-state index contributed by atoms with van der Waals surface area (Å²) in [4.78, 5) is 0. The van der Waals surface area contributed by atoms with Gasteiger partial charge >= 0.3 is 10.4 Å². The van der Waals surface area contributed by atoms with E-state index in [0.717, 1.165) is 21.6 Å². The van der Waals surface area contributed by atoms with Gasteiger partial charge in [-0.15, -0.1) is 0 Å². The third kappa shape index (κ3) is 4.34. The number of nitrogens with zero attached hydrogens (tertiary/aromatic N) is 1. The van der Waals surface area contributed by atoms with E-state index < -0.39 is 10.4 Å². The van der Waals surface area contributed by atoms with Crippen molar-refractivity contribution in [1.29, 1.82) is 0 Å². The molecular weight excluding hydrogens is 352 g/mol. The third-order valence-corrected chi connectivity index (χ3v) is 3.77. The van der Waals surface area contributed by atoms with Gasteiger partial charge in [0.2, 0.25) is 0 Å². The average molecular weight is 369 g/mol. The molecule has 0 fully saturated rings. The Labute approximate surface area is 145 Å². The van der Waals surface area contributed by atoms with Gasteiger partial charge < -0.3 is 10.3 Å². The fourth-order valence-electron chi connectivity index (χ4n) is 2.64. The molecule has 8 heteroatoms. The first-order chi connectivity index (χ1) is 11.2. The van der Waals surface area contributed by atoms with Crippen LogP contribution in [0, 0.1) is 0 Å². The van der Waals surface area contributed by atoms with Crippen molar-refractivity contribution in [3.63, 3.8) is 0 Å². The SMILES string of the molecule is Cn1c(CN)c(-c2ccccc2)c2cc(Cl)ccc21.O=S(=O)(O)O. The number of aromatic nitrogens is 1. The van der Waals surface area contributed by atoms with Crippen LogP contribution in [-0.4, -0.2) is 22.1 Å². The van der Waals surface area contributed by atoms with Crippen molar-refractivity contribution in [2.45, 2.75) is 6.54 Å². The number of fused-ring (bicyclic) bond motifs is 1. The fourth-order valence-corrected chi connectivity index (χ4v) is 2.81. The summed E-state index contributed by atoms with van der Waals surface area (Å²) in [5.41, 5.74) is 10.6. The summed E-state index contributed by atoms with van der Waals surface area (Å²) in [5.74, 6) is 0. The highest BCUT2D eigenvalue weighted by Gasteiger charge is 2.15. The normalized spacial score (nSPS) is 11.2. The molecule has 0 spiro atoms. The van der Waals surface area contributed by atoms with Crippen molar-refractivity contribution in [3.05, 3.63) is 59.2 Å². The van der Waals surface area contributed by atoms with Crippen LogP contribution in [0.2, 0.25) is 5.02 Å². The quantitative estimate of drug-likeness (QED) is 0.602. The van der Waals surface area contributed by atoms with Crippen LogP contribution >= 0.6 is 11.6 Å². The van der Waals surface area contributed by atoms with Gasteiger partial charge in [0.05, 0.1) is 0 Å². The van der Waals surface area contributed by atoms with Gasteiger partial charge in [0.1, 0.15) is 0 Å². The molecule has 0 aliphatic carbocycles. The molecule has 0 amide bonds.